The smallest absolute Gasteiger partial charge is 0.431 e. The largest absolute Gasteiger partial charge is 0.505 e. The molecule has 0 aliphatic rings. The number of hydrogen-bond acceptors (Lipinski definition) is 5. The second kappa shape index (κ2) is 7.94. The summed E-state index contributed by atoms with van der Waals surface area (Å²) in [4.78, 5) is 26.3. The molecule has 0 atom stereocenters. The van der Waals surface area contributed by atoms with Gasteiger partial charge in [-0.05, 0) is 12.1 Å². The predicted octanol–water partition coefficient (Wildman–Crippen LogP) is 2.63. The van der Waals surface area contributed by atoms with Gasteiger partial charge in [-0.1, -0.05) is 18.2 Å². The number of carbonyl (C=O) groups excluding carboxylic acids is 1. The molecule has 2 aromatic heterocycles. The highest BCUT2D eigenvalue weighted by atomic mass is 19.4. The first-order valence-electron chi connectivity index (χ1n) is 8.51. The number of pyridine rings is 1. The molecule has 3 aromatic rings. The van der Waals surface area contributed by atoms with Gasteiger partial charge < -0.3 is 20.1 Å². The average molecular weight is 436 g/mol. The van der Waals surface area contributed by atoms with E-state index in [0.717, 1.165) is 6.07 Å². The van der Waals surface area contributed by atoms with E-state index in [1.54, 1.807) is 6.07 Å². The van der Waals surface area contributed by atoms with Crippen LogP contribution in [0.3, 0.4) is 0 Å². The number of nitrogens with one attached hydrogen (secondary N) is 1. The summed E-state index contributed by atoms with van der Waals surface area (Å²) in [7, 11) is 0. The van der Waals surface area contributed by atoms with Crippen LogP contribution in [0, 0.1) is 17.1 Å². The third kappa shape index (κ3) is 4.11. The Morgan fingerprint density at radius 1 is 1.26 bits per heavy atom. The molecule has 0 fully saturated rings. The number of nitriles is 1. The third-order valence-electron chi connectivity index (χ3n) is 4.32. The van der Waals surface area contributed by atoms with E-state index < -0.39 is 70.7 Å². The van der Waals surface area contributed by atoms with Gasteiger partial charge in [0, 0.05) is 10.9 Å². The van der Waals surface area contributed by atoms with Crippen LogP contribution in [-0.2, 0) is 17.5 Å². The van der Waals surface area contributed by atoms with Gasteiger partial charge in [0.05, 0.1) is 12.1 Å². The molecular weight excluding hydrogens is 424 g/mol. The minimum Gasteiger partial charge on any atom is -0.505 e. The maximum Gasteiger partial charge on any atom is 0.431 e. The summed E-state index contributed by atoms with van der Waals surface area (Å²) in [6.45, 7) is -1.48. The van der Waals surface area contributed by atoms with Crippen molar-refractivity contribution in [3.8, 4) is 11.8 Å². The molecule has 0 radical (unpaired) electrons. The van der Waals surface area contributed by atoms with Gasteiger partial charge in [-0.15, -0.1) is 0 Å². The summed E-state index contributed by atoms with van der Waals surface area (Å²) in [6, 6.07) is 7.17. The SMILES string of the molecule is N#Cc1nc(C(=O)NCC(=O)O)c(O)c2cc(C(F)(F)F)n(Cc3ccccc3F)c12. The molecule has 0 aliphatic heterocycles. The van der Waals surface area contributed by atoms with E-state index >= 15 is 0 Å². The van der Waals surface area contributed by atoms with Crippen molar-refractivity contribution in [1.29, 1.82) is 5.26 Å². The Labute approximate surface area is 171 Å². The van der Waals surface area contributed by atoms with E-state index in [0.29, 0.717) is 10.6 Å². The minimum absolute atomic E-state index is 0.114. The molecule has 1 aromatic carbocycles. The molecule has 0 bridgehead atoms. The van der Waals surface area contributed by atoms with Crippen molar-refractivity contribution >= 4 is 22.8 Å². The molecule has 0 saturated heterocycles. The number of fused-ring (bicyclic) bond motifs is 1. The molecule has 0 unspecified atom stereocenters. The molecule has 3 N–H and O–H groups in total. The van der Waals surface area contributed by atoms with Crippen molar-refractivity contribution in [2.24, 2.45) is 0 Å². The highest BCUT2D eigenvalue weighted by Gasteiger charge is 2.37. The lowest BCUT2D eigenvalue weighted by Gasteiger charge is -2.14. The van der Waals surface area contributed by atoms with E-state index in [9.17, 15) is 37.5 Å². The summed E-state index contributed by atoms with van der Waals surface area (Å²) in [6.07, 6.45) is -4.95. The number of aliphatic carboxylic acids is 1. The van der Waals surface area contributed by atoms with E-state index in [1.807, 2.05) is 5.32 Å². The van der Waals surface area contributed by atoms with Gasteiger partial charge in [0.25, 0.3) is 5.91 Å². The minimum atomic E-state index is -4.95. The van der Waals surface area contributed by atoms with Crippen molar-refractivity contribution in [1.82, 2.24) is 14.9 Å². The van der Waals surface area contributed by atoms with Gasteiger partial charge in [-0.25, -0.2) is 9.37 Å². The normalized spacial score (nSPS) is 11.3. The number of aromatic hydroxyl groups is 1. The van der Waals surface area contributed by atoms with Gasteiger partial charge >= 0.3 is 12.1 Å². The molecular formula is C19H12F4N4O4. The summed E-state index contributed by atoms with van der Waals surface area (Å²) in [5.41, 5.74) is -3.33. The number of carbonyl (C=O) groups is 2. The molecule has 160 valence electrons. The number of carboxylic acid groups (broad SMARTS) is 1. The third-order valence-corrected chi connectivity index (χ3v) is 4.32. The number of alkyl halides is 3. The van der Waals surface area contributed by atoms with Gasteiger partial charge in [0.15, 0.2) is 17.1 Å². The zero-order valence-corrected chi connectivity index (χ0v) is 15.4. The molecule has 0 saturated carbocycles. The molecule has 0 spiro atoms. The van der Waals surface area contributed by atoms with Crippen LogP contribution in [0.5, 0.6) is 5.75 Å². The fourth-order valence-corrected chi connectivity index (χ4v) is 3.00. The summed E-state index contributed by atoms with van der Waals surface area (Å²) in [5.74, 6) is -4.37. The van der Waals surface area contributed by atoms with Crippen LogP contribution >= 0.6 is 0 Å². The zero-order chi connectivity index (χ0) is 22.9. The standard InChI is InChI=1S/C19H12F4N4O4/c20-11-4-2-1-3-9(11)8-27-13(19(21,22)23)5-10-16(27)12(6-24)26-15(17(10)30)18(31)25-7-14(28)29/h1-5,30H,7-8H2,(H,25,31)(H,28,29). The van der Waals surface area contributed by atoms with Crippen LogP contribution in [0.25, 0.3) is 10.9 Å². The first-order chi connectivity index (χ1) is 14.5. The van der Waals surface area contributed by atoms with E-state index in [2.05, 4.69) is 4.98 Å². The van der Waals surface area contributed by atoms with Crippen molar-refractivity contribution in [2.75, 3.05) is 6.54 Å². The molecule has 2 heterocycles. The van der Waals surface area contributed by atoms with Crippen LogP contribution in [-0.4, -0.2) is 38.2 Å². The predicted molar refractivity (Wildman–Crippen MR) is 96.6 cm³/mol. The first kappa shape index (κ1) is 21.6. The second-order valence-corrected chi connectivity index (χ2v) is 6.31. The topological polar surface area (TPSA) is 128 Å². The Morgan fingerprint density at radius 2 is 1.94 bits per heavy atom. The molecule has 3 rings (SSSR count). The number of benzene rings is 1. The number of halogens is 4. The van der Waals surface area contributed by atoms with Crippen LogP contribution in [0.2, 0.25) is 0 Å². The van der Waals surface area contributed by atoms with Gasteiger partial charge in [-0.2, -0.15) is 18.4 Å². The van der Waals surface area contributed by atoms with Gasteiger partial charge in [0.1, 0.15) is 24.1 Å². The fraction of sp³-hybridized carbons (Fsp3) is 0.158. The maximum atomic E-state index is 14.1. The molecule has 8 nitrogen and oxygen atoms in total. The lowest BCUT2D eigenvalue weighted by Crippen LogP contribution is -2.30. The number of carboxylic acids is 1. The summed E-state index contributed by atoms with van der Waals surface area (Å²) < 4.78 is 55.7. The number of aromatic nitrogens is 2. The van der Waals surface area contributed by atoms with Crippen LogP contribution in [0.15, 0.2) is 30.3 Å². The lowest BCUT2D eigenvalue weighted by molar-refractivity contribution is -0.143. The molecule has 1 amide bonds. The van der Waals surface area contributed by atoms with Crippen LogP contribution < -0.4 is 5.32 Å². The molecule has 0 aliphatic carbocycles. The average Bonchev–Trinajstić information content (AvgIpc) is 3.09. The number of hydrogen-bond donors (Lipinski definition) is 3. The Kier molecular flexibility index (Phi) is 5.52. The lowest BCUT2D eigenvalue weighted by atomic mass is 10.1. The summed E-state index contributed by atoms with van der Waals surface area (Å²) in [5, 5.41) is 29.8. The highest BCUT2D eigenvalue weighted by Crippen LogP contribution is 2.39. The molecule has 12 heteroatoms. The first-order valence-corrected chi connectivity index (χ1v) is 8.51. The van der Waals surface area contributed by atoms with E-state index in [4.69, 9.17) is 5.11 Å². The van der Waals surface area contributed by atoms with Gasteiger partial charge in [-0.3, -0.25) is 9.59 Å². The molecule has 31 heavy (non-hydrogen) atoms. The van der Waals surface area contributed by atoms with Gasteiger partial charge in [0.2, 0.25) is 0 Å². The summed E-state index contributed by atoms with van der Waals surface area (Å²) >= 11 is 0. The highest BCUT2D eigenvalue weighted by molar-refractivity contribution is 6.03. The van der Waals surface area contributed by atoms with Crippen LogP contribution in [0.1, 0.15) is 27.4 Å². The Balaban J connectivity index is 2.27. The number of rotatable bonds is 5. The Morgan fingerprint density at radius 3 is 2.52 bits per heavy atom. The second-order valence-electron chi connectivity index (χ2n) is 6.31. The quantitative estimate of drug-likeness (QED) is 0.528. The van der Waals surface area contributed by atoms with Crippen LogP contribution in [0.4, 0.5) is 17.6 Å². The van der Waals surface area contributed by atoms with Crippen molar-refractivity contribution in [3.05, 3.63) is 58.8 Å². The maximum absolute atomic E-state index is 14.1. The zero-order valence-electron chi connectivity index (χ0n) is 15.4. The number of nitrogens with zero attached hydrogens (tertiary/aromatic N) is 3. The van der Waals surface area contributed by atoms with E-state index in [-0.39, 0.29) is 5.56 Å². The van der Waals surface area contributed by atoms with E-state index in [1.165, 1.54) is 18.2 Å². The van der Waals surface area contributed by atoms with Crippen molar-refractivity contribution < 1.29 is 37.4 Å². The van der Waals surface area contributed by atoms with Crippen molar-refractivity contribution in [2.45, 2.75) is 12.7 Å². The number of amides is 1. The monoisotopic (exact) mass is 436 g/mol. The Hall–Kier alpha value is -4.14. The Bertz CT molecular complexity index is 1240. The fourth-order valence-electron chi connectivity index (χ4n) is 3.00. The van der Waals surface area contributed by atoms with Crippen molar-refractivity contribution in [3.63, 3.8) is 0 Å².